The summed E-state index contributed by atoms with van der Waals surface area (Å²) < 4.78 is 35.0. The van der Waals surface area contributed by atoms with Crippen molar-refractivity contribution in [1.29, 1.82) is 0 Å². The van der Waals surface area contributed by atoms with Crippen molar-refractivity contribution in [3.8, 4) is 5.75 Å². The number of carbonyl (C=O) groups excluding carboxylic acids is 2. The van der Waals surface area contributed by atoms with Crippen LogP contribution in [0.15, 0.2) is 77.7 Å². The molecule has 1 aliphatic heterocycles. The molecule has 12 heteroatoms. The van der Waals surface area contributed by atoms with Crippen LogP contribution >= 0.6 is 11.6 Å². The number of likely N-dealkylation sites (N-methyl/N-ethyl adjacent to an activating group) is 1. The third-order valence-electron chi connectivity index (χ3n) is 7.12. The average Bonchev–Trinajstić information content (AvgIpc) is 3.00. The van der Waals surface area contributed by atoms with Gasteiger partial charge in [0.05, 0.1) is 30.5 Å². The highest BCUT2D eigenvalue weighted by Crippen LogP contribution is 2.30. The van der Waals surface area contributed by atoms with Crippen LogP contribution in [0.1, 0.15) is 19.4 Å². The number of urea groups is 1. The summed E-state index contributed by atoms with van der Waals surface area (Å²) in [5.74, 6) is -0.0456. The van der Waals surface area contributed by atoms with Crippen LogP contribution in [-0.4, -0.2) is 74.2 Å². The molecule has 0 unspecified atom stereocenters. The first-order chi connectivity index (χ1) is 20.0. The molecule has 4 rings (SSSR count). The molecular weight excluding hydrogens is 580 g/mol. The van der Waals surface area contributed by atoms with E-state index in [4.69, 9.17) is 16.3 Å². The summed E-state index contributed by atoms with van der Waals surface area (Å²) in [5.41, 5.74) is 1.39. The number of nitrogens with zero attached hydrogens (tertiary/aromatic N) is 2. The zero-order valence-electron chi connectivity index (χ0n) is 23.7. The molecule has 1 aliphatic rings. The number of amides is 3. The van der Waals surface area contributed by atoms with Crippen molar-refractivity contribution in [1.82, 2.24) is 9.80 Å². The molecule has 0 bridgehead atoms. The lowest BCUT2D eigenvalue weighted by Crippen LogP contribution is -2.48. The second-order valence-corrected chi connectivity index (χ2v) is 12.6. The molecule has 0 radical (unpaired) electrons. The van der Waals surface area contributed by atoms with Gasteiger partial charge >= 0.3 is 6.03 Å². The summed E-state index contributed by atoms with van der Waals surface area (Å²) in [6.45, 7) is 3.97. The third-order valence-corrected chi connectivity index (χ3v) is 8.77. The Morgan fingerprint density at radius 2 is 1.81 bits per heavy atom. The summed E-state index contributed by atoms with van der Waals surface area (Å²) in [7, 11) is -2.26. The molecule has 0 saturated heterocycles. The number of benzene rings is 3. The maximum atomic E-state index is 13.5. The predicted octanol–water partition coefficient (Wildman–Crippen LogP) is 4.45. The number of anilines is 2. The number of halogens is 1. The first kappa shape index (κ1) is 31.1. The van der Waals surface area contributed by atoms with Crippen molar-refractivity contribution >= 4 is 44.9 Å². The van der Waals surface area contributed by atoms with Crippen LogP contribution in [0.5, 0.6) is 5.75 Å². The van der Waals surface area contributed by atoms with E-state index in [1.54, 1.807) is 49.2 Å². The minimum Gasteiger partial charge on any atom is -0.488 e. The van der Waals surface area contributed by atoms with E-state index < -0.39 is 22.2 Å². The van der Waals surface area contributed by atoms with Gasteiger partial charge in [0.1, 0.15) is 11.9 Å². The van der Waals surface area contributed by atoms with Crippen LogP contribution in [0.25, 0.3) is 0 Å². The molecule has 0 saturated carbocycles. The number of aliphatic hydroxyl groups excluding tert-OH is 1. The molecular formula is C30H35ClN4O6S. The Morgan fingerprint density at radius 3 is 2.48 bits per heavy atom. The van der Waals surface area contributed by atoms with Crippen LogP contribution in [0.4, 0.5) is 16.2 Å². The average molecular weight is 615 g/mol. The van der Waals surface area contributed by atoms with Gasteiger partial charge in [0, 0.05) is 41.5 Å². The summed E-state index contributed by atoms with van der Waals surface area (Å²) in [5, 5.41) is 13.1. The Bertz CT molecular complexity index is 1500. The zero-order chi connectivity index (χ0) is 30.4. The van der Waals surface area contributed by atoms with E-state index in [9.17, 15) is 23.1 Å². The highest BCUT2D eigenvalue weighted by molar-refractivity contribution is 7.92. The van der Waals surface area contributed by atoms with E-state index in [0.717, 1.165) is 0 Å². The fourth-order valence-corrected chi connectivity index (χ4v) is 5.81. The monoisotopic (exact) mass is 614 g/mol. The van der Waals surface area contributed by atoms with Gasteiger partial charge in [-0.3, -0.25) is 9.52 Å². The Hall–Kier alpha value is -3.80. The van der Waals surface area contributed by atoms with E-state index >= 15 is 0 Å². The van der Waals surface area contributed by atoms with Crippen molar-refractivity contribution in [3.63, 3.8) is 0 Å². The molecule has 10 nitrogen and oxygen atoms in total. The number of nitrogens with one attached hydrogen (secondary N) is 2. The Balaban J connectivity index is 1.62. The molecule has 3 aromatic carbocycles. The van der Waals surface area contributed by atoms with Gasteiger partial charge in [-0.05, 0) is 61.5 Å². The summed E-state index contributed by atoms with van der Waals surface area (Å²) in [6, 6.07) is 18.9. The van der Waals surface area contributed by atoms with Gasteiger partial charge < -0.3 is 25.0 Å². The quantitative estimate of drug-likeness (QED) is 0.344. The largest absolute Gasteiger partial charge is 0.488 e. The molecule has 0 aliphatic carbocycles. The number of aliphatic hydroxyl groups is 1. The molecule has 0 fully saturated rings. The van der Waals surface area contributed by atoms with E-state index in [2.05, 4.69) is 10.0 Å². The van der Waals surface area contributed by atoms with E-state index in [0.29, 0.717) is 28.6 Å². The van der Waals surface area contributed by atoms with Crippen molar-refractivity contribution in [2.24, 2.45) is 5.92 Å². The molecule has 0 spiro atoms. The van der Waals surface area contributed by atoms with Crippen molar-refractivity contribution in [2.75, 3.05) is 36.8 Å². The minimum atomic E-state index is -3.92. The van der Waals surface area contributed by atoms with Crippen molar-refractivity contribution < 1.29 is 27.9 Å². The Labute approximate surface area is 251 Å². The molecule has 3 atom stereocenters. The van der Waals surface area contributed by atoms with Crippen molar-refractivity contribution in [3.05, 3.63) is 83.4 Å². The number of ether oxygens (including phenoxy) is 1. The van der Waals surface area contributed by atoms with Crippen LogP contribution in [0.3, 0.4) is 0 Å². The van der Waals surface area contributed by atoms with E-state index in [1.165, 1.54) is 29.2 Å². The van der Waals surface area contributed by atoms with Crippen LogP contribution in [0, 0.1) is 5.92 Å². The first-order valence-corrected chi connectivity index (χ1v) is 15.4. The second kappa shape index (κ2) is 13.5. The topological polar surface area (TPSA) is 128 Å². The second-order valence-electron chi connectivity index (χ2n) is 10.4. The van der Waals surface area contributed by atoms with Gasteiger partial charge in [-0.25, -0.2) is 13.2 Å². The molecule has 3 amide bonds. The molecule has 3 N–H and O–H groups in total. The van der Waals surface area contributed by atoms with Gasteiger partial charge in [-0.1, -0.05) is 36.7 Å². The standard InChI is InChI=1S/C30H35ClN4O6S/c1-20-17-35(21(2)19-36)29(37)16-22-15-25(33-42(39,40)26-12-9-23(31)10-13-26)11-14-27(22)41-28(20)18-34(3)30(38)32-24-7-5-4-6-8-24/h4-15,20-21,28,33,36H,16-19H2,1-3H3,(H,32,38)/t20-,21+,28+/m1/s1. The van der Waals surface area contributed by atoms with Crippen LogP contribution in [-0.2, 0) is 21.2 Å². The number of carbonyl (C=O) groups is 2. The summed E-state index contributed by atoms with van der Waals surface area (Å²) >= 11 is 5.90. The lowest BCUT2D eigenvalue weighted by molar-refractivity contribution is -0.134. The van der Waals surface area contributed by atoms with Gasteiger partial charge in [-0.2, -0.15) is 0 Å². The molecule has 1 heterocycles. The molecule has 3 aromatic rings. The van der Waals surface area contributed by atoms with Gasteiger partial charge in [0.15, 0.2) is 0 Å². The maximum Gasteiger partial charge on any atom is 0.321 e. The van der Waals surface area contributed by atoms with E-state index in [1.807, 2.05) is 25.1 Å². The van der Waals surface area contributed by atoms with Crippen LogP contribution in [0.2, 0.25) is 5.02 Å². The minimum absolute atomic E-state index is 0.0384. The summed E-state index contributed by atoms with van der Waals surface area (Å²) in [4.78, 5) is 29.5. The smallest absolute Gasteiger partial charge is 0.321 e. The van der Waals surface area contributed by atoms with Gasteiger partial charge in [0.2, 0.25) is 5.91 Å². The lowest BCUT2D eigenvalue weighted by Gasteiger charge is -2.34. The molecule has 42 heavy (non-hydrogen) atoms. The van der Waals surface area contributed by atoms with E-state index in [-0.39, 0.29) is 48.0 Å². The SMILES string of the molecule is C[C@@H]1CN([C@@H](C)CO)C(=O)Cc2cc(NS(=O)(=O)c3ccc(Cl)cc3)ccc2O[C@H]1CN(C)C(=O)Nc1ccccc1. The normalized spacial score (nSPS) is 18.0. The maximum absolute atomic E-state index is 13.5. The number of sulfonamides is 1. The Morgan fingerprint density at radius 1 is 1.12 bits per heavy atom. The fourth-order valence-electron chi connectivity index (χ4n) is 4.63. The third kappa shape index (κ3) is 7.72. The number of rotatable bonds is 8. The number of hydrogen-bond donors (Lipinski definition) is 3. The Kier molecular flexibility index (Phi) is 9.97. The zero-order valence-corrected chi connectivity index (χ0v) is 25.2. The predicted molar refractivity (Wildman–Crippen MR) is 162 cm³/mol. The molecule has 224 valence electrons. The highest BCUT2D eigenvalue weighted by Gasteiger charge is 2.32. The number of para-hydroxylation sites is 1. The van der Waals surface area contributed by atoms with Gasteiger partial charge in [0.25, 0.3) is 10.0 Å². The number of hydrogen-bond acceptors (Lipinski definition) is 6. The lowest BCUT2D eigenvalue weighted by atomic mass is 10.0. The first-order valence-electron chi connectivity index (χ1n) is 13.5. The molecule has 0 aromatic heterocycles. The number of fused-ring (bicyclic) bond motifs is 1. The highest BCUT2D eigenvalue weighted by atomic mass is 35.5. The fraction of sp³-hybridized carbons (Fsp3) is 0.333. The summed E-state index contributed by atoms with van der Waals surface area (Å²) in [6.07, 6.45) is -0.592. The van der Waals surface area contributed by atoms with Crippen molar-refractivity contribution in [2.45, 2.75) is 37.3 Å². The van der Waals surface area contributed by atoms with Crippen LogP contribution < -0.4 is 14.8 Å². The van der Waals surface area contributed by atoms with Gasteiger partial charge in [-0.15, -0.1) is 0 Å².